The van der Waals surface area contributed by atoms with Crippen molar-refractivity contribution < 1.29 is 8.60 Å². The van der Waals surface area contributed by atoms with E-state index in [0.29, 0.717) is 15.5 Å². The van der Waals surface area contributed by atoms with Crippen molar-refractivity contribution >= 4 is 22.4 Å². The van der Waals surface area contributed by atoms with Crippen LogP contribution in [0.15, 0.2) is 47.4 Å². The zero-order valence-electron chi connectivity index (χ0n) is 9.77. The molecule has 0 heterocycles. The van der Waals surface area contributed by atoms with E-state index in [0.717, 1.165) is 6.07 Å². The van der Waals surface area contributed by atoms with Crippen LogP contribution in [0.5, 0.6) is 0 Å². The summed E-state index contributed by atoms with van der Waals surface area (Å²) < 4.78 is 25.4. The molecule has 0 aliphatic carbocycles. The Morgan fingerprint density at radius 2 is 1.89 bits per heavy atom. The quantitative estimate of drug-likeness (QED) is 0.866. The van der Waals surface area contributed by atoms with Crippen LogP contribution in [-0.2, 0) is 16.6 Å². The van der Waals surface area contributed by atoms with Crippen LogP contribution in [0.3, 0.4) is 0 Å². The number of halogens is 2. The zero-order valence-corrected chi connectivity index (χ0v) is 11.3. The minimum atomic E-state index is -1.30. The van der Waals surface area contributed by atoms with Gasteiger partial charge in [0.15, 0.2) is 0 Å². The first-order valence-electron chi connectivity index (χ1n) is 5.42. The summed E-state index contributed by atoms with van der Waals surface area (Å²) in [6.45, 7) is 0. The molecule has 5 heteroatoms. The van der Waals surface area contributed by atoms with E-state index in [4.69, 9.17) is 16.9 Å². The molecule has 1 unspecified atom stereocenters. The predicted molar refractivity (Wildman–Crippen MR) is 72.7 cm³/mol. The number of nitriles is 1. The molecule has 2 aromatic rings. The molecule has 0 bridgehead atoms. The summed E-state index contributed by atoms with van der Waals surface area (Å²) in [4.78, 5) is 0.618. The number of rotatable bonds is 3. The van der Waals surface area contributed by atoms with Crippen LogP contribution in [0, 0.1) is 17.1 Å². The first kappa shape index (κ1) is 13.7. The fraction of sp³-hybridized carbons (Fsp3) is 0.0714. The highest BCUT2D eigenvalue weighted by atomic mass is 35.5. The van der Waals surface area contributed by atoms with Crippen molar-refractivity contribution in [1.29, 1.82) is 5.26 Å². The number of nitrogens with zero attached hydrogens (tertiary/aromatic N) is 1. The topological polar surface area (TPSA) is 40.9 Å². The lowest BCUT2D eigenvalue weighted by Crippen LogP contribution is -1.97. The Morgan fingerprint density at radius 3 is 2.53 bits per heavy atom. The van der Waals surface area contributed by atoms with Gasteiger partial charge in [-0.05, 0) is 48.0 Å². The molecule has 0 amide bonds. The van der Waals surface area contributed by atoms with Gasteiger partial charge < -0.3 is 0 Å². The lowest BCUT2D eigenvalue weighted by Gasteiger charge is -2.04. The van der Waals surface area contributed by atoms with Crippen molar-refractivity contribution in [2.24, 2.45) is 0 Å². The molecule has 2 aromatic carbocycles. The Bertz CT molecular complexity index is 664. The molecule has 0 saturated carbocycles. The normalized spacial score (nSPS) is 11.8. The summed E-state index contributed by atoms with van der Waals surface area (Å²) in [6, 6.07) is 12.5. The summed E-state index contributed by atoms with van der Waals surface area (Å²) in [7, 11) is -1.30. The van der Waals surface area contributed by atoms with E-state index in [2.05, 4.69) is 0 Å². The van der Waals surface area contributed by atoms with Crippen molar-refractivity contribution in [1.82, 2.24) is 0 Å². The van der Waals surface area contributed by atoms with E-state index >= 15 is 0 Å². The summed E-state index contributed by atoms with van der Waals surface area (Å²) in [5.41, 5.74) is 0.757. The molecule has 2 rings (SSSR count). The van der Waals surface area contributed by atoms with Gasteiger partial charge in [-0.25, -0.2) is 4.39 Å². The van der Waals surface area contributed by atoms with Gasteiger partial charge in [-0.3, -0.25) is 4.21 Å². The third-order valence-corrected chi connectivity index (χ3v) is 4.11. The van der Waals surface area contributed by atoms with Crippen LogP contribution in [0.25, 0.3) is 0 Å². The second-order valence-electron chi connectivity index (χ2n) is 3.90. The van der Waals surface area contributed by atoms with Crippen LogP contribution in [0.4, 0.5) is 4.39 Å². The van der Waals surface area contributed by atoms with Gasteiger partial charge in [-0.15, -0.1) is 0 Å². The first-order valence-corrected chi connectivity index (χ1v) is 7.11. The van der Waals surface area contributed by atoms with Gasteiger partial charge in [-0.2, -0.15) is 5.26 Å². The average Bonchev–Trinajstić information content (AvgIpc) is 2.38. The van der Waals surface area contributed by atoms with Gasteiger partial charge in [0.05, 0.1) is 28.2 Å². The molecule has 0 fully saturated rings. The molecular weight excluding hydrogens is 285 g/mol. The van der Waals surface area contributed by atoms with Crippen LogP contribution < -0.4 is 0 Å². The Morgan fingerprint density at radius 1 is 1.21 bits per heavy atom. The maximum atomic E-state index is 13.3. The van der Waals surface area contributed by atoms with E-state index in [-0.39, 0.29) is 11.3 Å². The fourth-order valence-corrected chi connectivity index (χ4v) is 2.82. The van der Waals surface area contributed by atoms with Crippen LogP contribution >= 0.6 is 11.6 Å². The van der Waals surface area contributed by atoms with Crippen LogP contribution in [0.1, 0.15) is 11.1 Å². The lowest BCUT2D eigenvalue weighted by atomic mass is 10.1. The average molecular weight is 294 g/mol. The Kier molecular flexibility index (Phi) is 4.31. The van der Waals surface area contributed by atoms with E-state index in [1.807, 2.05) is 6.07 Å². The summed E-state index contributed by atoms with van der Waals surface area (Å²) >= 11 is 5.75. The molecule has 19 heavy (non-hydrogen) atoms. The maximum absolute atomic E-state index is 13.3. The van der Waals surface area contributed by atoms with E-state index in [1.54, 1.807) is 24.3 Å². The van der Waals surface area contributed by atoms with Crippen LogP contribution in [-0.4, -0.2) is 4.21 Å². The highest BCUT2D eigenvalue weighted by molar-refractivity contribution is 7.84. The zero-order chi connectivity index (χ0) is 13.8. The van der Waals surface area contributed by atoms with E-state index < -0.39 is 16.6 Å². The highest BCUT2D eigenvalue weighted by Gasteiger charge is 2.07. The molecular formula is C14H9ClFNOS. The number of hydrogen-bond acceptors (Lipinski definition) is 2. The Hall–Kier alpha value is -1.70. The number of hydrogen-bond donors (Lipinski definition) is 0. The Balaban J connectivity index is 2.22. The van der Waals surface area contributed by atoms with Gasteiger partial charge in [0.2, 0.25) is 0 Å². The van der Waals surface area contributed by atoms with Gasteiger partial charge in [0, 0.05) is 9.92 Å². The van der Waals surface area contributed by atoms with Gasteiger partial charge >= 0.3 is 0 Å². The highest BCUT2D eigenvalue weighted by Crippen LogP contribution is 2.17. The smallest absolute Gasteiger partial charge is 0.124 e. The molecule has 0 radical (unpaired) electrons. The summed E-state index contributed by atoms with van der Waals surface area (Å²) in [6.07, 6.45) is 0. The molecule has 0 spiro atoms. The van der Waals surface area contributed by atoms with E-state index in [1.165, 1.54) is 12.1 Å². The van der Waals surface area contributed by atoms with Crippen molar-refractivity contribution in [2.45, 2.75) is 10.6 Å². The molecule has 1 atom stereocenters. The lowest BCUT2D eigenvalue weighted by molar-refractivity contribution is 0.625. The third-order valence-electron chi connectivity index (χ3n) is 2.46. The van der Waals surface area contributed by atoms with Crippen molar-refractivity contribution in [3.05, 3.63) is 64.4 Å². The molecule has 2 nitrogen and oxygen atoms in total. The summed E-state index contributed by atoms with van der Waals surface area (Å²) in [5, 5.41) is 9.33. The minimum Gasteiger partial charge on any atom is -0.254 e. The minimum absolute atomic E-state index is 0.161. The molecule has 0 aromatic heterocycles. The molecule has 0 aliphatic rings. The molecule has 0 saturated heterocycles. The second kappa shape index (κ2) is 5.96. The Labute approximate surface area is 117 Å². The predicted octanol–water partition coefficient (Wildman–Crippen LogP) is 3.66. The maximum Gasteiger partial charge on any atom is 0.124 e. The molecule has 96 valence electrons. The first-order chi connectivity index (χ1) is 9.08. The monoisotopic (exact) mass is 293 g/mol. The second-order valence-corrected chi connectivity index (χ2v) is 5.79. The van der Waals surface area contributed by atoms with Gasteiger partial charge in [0.25, 0.3) is 0 Å². The fourth-order valence-electron chi connectivity index (χ4n) is 1.62. The van der Waals surface area contributed by atoms with Gasteiger partial charge in [0.1, 0.15) is 5.82 Å². The van der Waals surface area contributed by atoms with Gasteiger partial charge in [-0.1, -0.05) is 11.6 Å². The number of benzene rings is 2. The third kappa shape index (κ3) is 3.63. The van der Waals surface area contributed by atoms with Crippen molar-refractivity contribution in [2.75, 3.05) is 0 Å². The van der Waals surface area contributed by atoms with Crippen molar-refractivity contribution in [3.8, 4) is 6.07 Å². The standard InChI is InChI=1S/C14H9ClFNOS/c15-12-1-3-14(4-2-12)19(18)9-11-5-10(8-17)6-13(16)7-11/h1-7H,9H2. The largest absolute Gasteiger partial charge is 0.254 e. The SMILES string of the molecule is N#Cc1cc(F)cc(CS(=O)c2ccc(Cl)cc2)c1. The molecule has 0 aliphatic heterocycles. The van der Waals surface area contributed by atoms with Crippen molar-refractivity contribution in [3.63, 3.8) is 0 Å². The molecule has 0 N–H and O–H groups in total. The van der Waals surface area contributed by atoms with E-state index in [9.17, 15) is 8.60 Å². The van der Waals surface area contributed by atoms with Crippen LogP contribution in [0.2, 0.25) is 5.02 Å². The summed E-state index contributed by atoms with van der Waals surface area (Å²) in [5.74, 6) is -0.337.